The summed E-state index contributed by atoms with van der Waals surface area (Å²) in [5.74, 6) is 0.370. The predicted molar refractivity (Wildman–Crippen MR) is 109 cm³/mol. The average molecular weight is 434 g/mol. The Morgan fingerprint density at radius 3 is 2.39 bits per heavy atom. The molecule has 0 radical (unpaired) electrons. The second kappa shape index (κ2) is 7.39. The largest absolute Gasteiger partial charge is 0.417 e. The minimum Gasteiger partial charge on any atom is -0.354 e. The number of halogens is 3. The van der Waals surface area contributed by atoms with Crippen LogP contribution in [0.15, 0.2) is 18.3 Å². The molecule has 2 aliphatic rings. The number of nitrogens with one attached hydrogen (secondary N) is 1. The fraction of sp³-hybridized carbons (Fsp3) is 0.500. The molecular formula is C22H25F3N4O2. The summed E-state index contributed by atoms with van der Waals surface area (Å²) in [6.45, 7) is 7.67. The molecular weight excluding hydrogens is 409 g/mol. The monoisotopic (exact) mass is 434 g/mol. The number of amides is 1. The van der Waals surface area contributed by atoms with E-state index in [9.17, 15) is 22.8 Å². The van der Waals surface area contributed by atoms with Gasteiger partial charge in [0.2, 0.25) is 0 Å². The number of fused-ring (bicyclic) bond motifs is 1. The van der Waals surface area contributed by atoms with E-state index in [2.05, 4.69) is 9.97 Å². The molecule has 0 spiro atoms. The third-order valence-electron chi connectivity index (χ3n) is 6.08. The van der Waals surface area contributed by atoms with Crippen molar-refractivity contribution in [3.05, 3.63) is 46.4 Å². The number of hydrogen-bond acceptors (Lipinski definition) is 4. The second-order valence-electron chi connectivity index (χ2n) is 9.10. The third kappa shape index (κ3) is 4.05. The number of hydrogen-bond donors (Lipinski definition) is 1. The number of aromatic nitrogens is 2. The molecule has 3 heterocycles. The number of ketones is 1. The number of carbonyl (C=O) groups is 2. The van der Waals surface area contributed by atoms with Gasteiger partial charge in [-0.1, -0.05) is 13.8 Å². The van der Waals surface area contributed by atoms with Gasteiger partial charge < -0.3 is 14.8 Å². The van der Waals surface area contributed by atoms with E-state index in [0.717, 1.165) is 24.4 Å². The smallest absolute Gasteiger partial charge is 0.354 e. The van der Waals surface area contributed by atoms with E-state index in [1.54, 1.807) is 11.8 Å². The second-order valence-corrected chi connectivity index (χ2v) is 9.10. The van der Waals surface area contributed by atoms with Gasteiger partial charge in [-0.05, 0) is 36.5 Å². The molecule has 31 heavy (non-hydrogen) atoms. The summed E-state index contributed by atoms with van der Waals surface area (Å²) in [6, 6.07) is 2.38. The van der Waals surface area contributed by atoms with E-state index in [4.69, 9.17) is 0 Å². The van der Waals surface area contributed by atoms with Gasteiger partial charge in [-0.3, -0.25) is 9.59 Å². The zero-order valence-corrected chi connectivity index (χ0v) is 17.8. The first-order valence-electron chi connectivity index (χ1n) is 10.3. The molecule has 0 saturated carbocycles. The number of pyridine rings is 1. The molecule has 4 rings (SSSR count). The molecule has 1 aliphatic carbocycles. The number of aromatic amines is 1. The molecule has 1 aliphatic heterocycles. The van der Waals surface area contributed by atoms with Crippen molar-refractivity contribution in [1.82, 2.24) is 14.9 Å². The van der Waals surface area contributed by atoms with Crippen molar-refractivity contribution in [3.8, 4) is 0 Å². The summed E-state index contributed by atoms with van der Waals surface area (Å²) in [6.07, 6.45) is -2.40. The van der Waals surface area contributed by atoms with Crippen LogP contribution in [0.5, 0.6) is 0 Å². The van der Waals surface area contributed by atoms with E-state index in [-0.39, 0.29) is 17.1 Å². The number of H-pyrrole nitrogens is 1. The van der Waals surface area contributed by atoms with Gasteiger partial charge in [-0.25, -0.2) is 4.98 Å². The molecule has 9 heteroatoms. The molecule has 6 nitrogen and oxygen atoms in total. The SMILES string of the molecule is Cc1c(C(=O)N2CCN(c3ccc(C(F)(F)F)cn3)CC2)[nH]c2c1C(=O)CC(C)(C)C2. The van der Waals surface area contributed by atoms with Crippen LogP contribution in [0, 0.1) is 12.3 Å². The molecule has 0 unspecified atom stereocenters. The van der Waals surface area contributed by atoms with Gasteiger partial charge >= 0.3 is 6.18 Å². The van der Waals surface area contributed by atoms with E-state index in [1.807, 2.05) is 18.7 Å². The number of piperazine rings is 1. The lowest BCUT2D eigenvalue weighted by Crippen LogP contribution is -2.49. The van der Waals surface area contributed by atoms with Gasteiger partial charge in [0.05, 0.1) is 5.56 Å². The molecule has 2 aromatic heterocycles. The standard InChI is InChI=1S/C22H25F3N4O2/c1-13-18-15(10-21(2,3)11-16(18)30)27-19(13)20(31)29-8-6-28(7-9-29)17-5-4-14(12-26-17)22(23,24)25/h4-5,12,27H,6-11H2,1-3H3. The summed E-state index contributed by atoms with van der Waals surface area (Å²) in [5.41, 5.74) is 1.71. The fourth-order valence-electron chi connectivity index (χ4n) is 4.48. The lowest BCUT2D eigenvalue weighted by atomic mass is 9.75. The van der Waals surface area contributed by atoms with Crippen LogP contribution in [0.3, 0.4) is 0 Å². The molecule has 0 bridgehead atoms. The van der Waals surface area contributed by atoms with E-state index in [0.29, 0.717) is 55.2 Å². The van der Waals surface area contributed by atoms with Gasteiger partial charge in [0, 0.05) is 50.1 Å². The van der Waals surface area contributed by atoms with Gasteiger partial charge in [0.25, 0.3) is 5.91 Å². The zero-order valence-electron chi connectivity index (χ0n) is 17.8. The highest BCUT2D eigenvalue weighted by molar-refractivity contribution is 6.04. The summed E-state index contributed by atoms with van der Waals surface area (Å²) in [7, 11) is 0. The van der Waals surface area contributed by atoms with E-state index >= 15 is 0 Å². The maximum Gasteiger partial charge on any atom is 0.417 e. The Morgan fingerprint density at radius 1 is 1.13 bits per heavy atom. The molecule has 1 saturated heterocycles. The maximum absolute atomic E-state index is 13.1. The van der Waals surface area contributed by atoms with Crippen molar-refractivity contribution in [2.45, 2.75) is 39.8 Å². The Balaban J connectivity index is 1.45. The van der Waals surface area contributed by atoms with Gasteiger partial charge in [-0.15, -0.1) is 0 Å². The van der Waals surface area contributed by atoms with Crippen LogP contribution < -0.4 is 4.90 Å². The Morgan fingerprint density at radius 2 is 1.81 bits per heavy atom. The molecule has 0 atom stereocenters. The van der Waals surface area contributed by atoms with Crippen molar-refractivity contribution in [1.29, 1.82) is 0 Å². The van der Waals surface area contributed by atoms with Crippen molar-refractivity contribution < 1.29 is 22.8 Å². The van der Waals surface area contributed by atoms with Crippen LogP contribution in [0.25, 0.3) is 0 Å². The number of rotatable bonds is 2. The maximum atomic E-state index is 13.1. The number of alkyl halides is 3. The van der Waals surface area contributed by atoms with Crippen LogP contribution in [0.2, 0.25) is 0 Å². The summed E-state index contributed by atoms with van der Waals surface area (Å²) in [4.78, 5) is 36.4. The third-order valence-corrected chi connectivity index (χ3v) is 6.08. The fourth-order valence-corrected chi connectivity index (χ4v) is 4.48. The summed E-state index contributed by atoms with van der Waals surface area (Å²) in [5, 5.41) is 0. The average Bonchev–Trinajstić information content (AvgIpc) is 3.02. The molecule has 0 aromatic carbocycles. The van der Waals surface area contributed by atoms with E-state index in [1.165, 1.54) is 6.07 Å². The molecule has 1 fully saturated rings. The van der Waals surface area contributed by atoms with Gasteiger partial charge in [0.1, 0.15) is 11.5 Å². The summed E-state index contributed by atoms with van der Waals surface area (Å²) < 4.78 is 38.2. The first-order valence-corrected chi connectivity index (χ1v) is 10.3. The van der Waals surface area contributed by atoms with Crippen molar-refractivity contribution in [2.24, 2.45) is 5.41 Å². The summed E-state index contributed by atoms with van der Waals surface area (Å²) >= 11 is 0. The Bertz CT molecular complexity index is 1020. The Hall–Kier alpha value is -2.84. The van der Waals surface area contributed by atoms with Crippen LogP contribution in [-0.4, -0.2) is 52.7 Å². The van der Waals surface area contributed by atoms with Gasteiger partial charge in [0.15, 0.2) is 5.78 Å². The van der Waals surface area contributed by atoms with E-state index < -0.39 is 11.7 Å². The normalized spacial score (nSPS) is 18.8. The highest BCUT2D eigenvalue weighted by Gasteiger charge is 2.36. The van der Waals surface area contributed by atoms with Crippen LogP contribution >= 0.6 is 0 Å². The van der Waals surface area contributed by atoms with Crippen molar-refractivity contribution >= 4 is 17.5 Å². The predicted octanol–water partition coefficient (Wildman–Crippen LogP) is 3.85. The number of anilines is 1. The number of carbonyl (C=O) groups excluding carboxylic acids is 2. The Kier molecular flexibility index (Phi) is 5.10. The topological polar surface area (TPSA) is 69.3 Å². The quantitative estimate of drug-likeness (QED) is 0.780. The number of Topliss-reactive ketones (excluding diaryl/α,β-unsaturated/α-hetero) is 1. The zero-order chi connectivity index (χ0) is 22.6. The lowest BCUT2D eigenvalue weighted by molar-refractivity contribution is -0.137. The molecule has 1 amide bonds. The lowest BCUT2D eigenvalue weighted by Gasteiger charge is -2.35. The van der Waals surface area contributed by atoms with Crippen LogP contribution in [-0.2, 0) is 12.6 Å². The highest BCUT2D eigenvalue weighted by Crippen LogP contribution is 2.37. The van der Waals surface area contributed by atoms with Gasteiger partial charge in [-0.2, -0.15) is 13.2 Å². The Labute approximate surface area is 178 Å². The molecule has 166 valence electrons. The first-order chi connectivity index (χ1) is 14.5. The first kappa shape index (κ1) is 21.4. The van der Waals surface area contributed by atoms with Crippen molar-refractivity contribution in [2.75, 3.05) is 31.1 Å². The molecule has 2 aromatic rings. The van der Waals surface area contributed by atoms with Crippen LogP contribution in [0.1, 0.15) is 57.9 Å². The highest BCUT2D eigenvalue weighted by atomic mass is 19.4. The minimum atomic E-state index is -4.42. The number of nitrogens with zero attached hydrogens (tertiary/aromatic N) is 3. The van der Waals surface area contributed by atoms with Crippen LogP contribution in [0.4, 0.5) is 19.0 Å². The molecule has 1 N–H and O–H groups in total. The van der Waals surface area contributed by atoms with Crippen molar-refractivity contribution in [3.63, 3.8) is 0 Å². The minimum absolute atomic E-state index is 0.0669.